The first-order chi connectivity index (χ1) is 25.8. The number of rotatable bonds is 3. The minimum absolute atomic E-state index is 0.573. The summed E-state index contributed by atoms with van der Waals surface area (Å²) in [6.07, 6.45) is 0. The number of fused-ring (bicyclic) bond motifs is 7. The predicted octanol–water partition coefficient (Wildman–Crippen LogP) is 11.7. The lowest BCUT2D eigenvalue weighted by Crippen LogP contribution is -1.98. The van der Waals surface area contributed by atoms with Crippen LogP contribution in [-0.2, 0) is 0 Å². The van der Waals surface area contributed by atoms with E-state index in [9.17, 15) is 0 Å². The van der Waals surface area contributed by atoms with Gasteiger partial charge in [0.25, 0.3) is 5.78 Å². The number of aromatic nitrogens is 5. The van der Waals surface area contributed by atoms with Crippen LogP contribution >= 0.6 is 0 Å². The molecule has 52 heavy (non-hydrogen) atoms. The molecule has 0 saturated carbocycles. The molecule has 3 aromatic heterocycles. The summed E-state index contributed by atoms with van der Waals surface area (Å²) in [4.78, 5) is 10.2. The maximum absolute atomic E-state index is 5.13. The minimum Gasteiger partial charge on any atom is -0.309 e. The van der Waals surface area contributed by atoms with Gasteiger partial charge in [-0.3, -0.25) is 0 Å². The van der Waals surface area contributed by atoms with Crippen molar-refractivity contribution < 1.29 is 0 Å². The number of para-hydroxylation sites is 1. The fourth-order valence-electron chi connectivity index (χ4n) is 8.69. The van der Waals surface area contributed by atoms with Crippen LogP contribution < -0.4 is 0 Å². The molecule has 1 aliphatic rings. The zero-order valence-corrected chi connectivity index (χ0v) is 27.8. The summed E-state index contributed by atoms with van der Waals surface area (Å²) in [6.45, 7) is 0. The molecule has 0 saturated heterocycles. The van der Waals surface area contributed by atoms with Gasteiger partial charge in [-0.05, 0) is 68.7 Å². The van der Waals surface area contributed by atoms with E-state index >= 15 is 0 Å². The molecule has 5 heteroatoms. The summed E-state index contributed by atoms with van der Waals surface area (Å²) in [5.74, 6) is 1.21. The molecule has 0 amide bonds. The number of nitrogens with zero attached hydrogens (tertiary/aromatic N) is 5. The molecule has 1 aliphatic carbocycles. The number of benzene rings is 8. The maximum Gasteiger partial charge on any atom is 0.253 e. The van der Waals surface area contributed by atoms with Crippen molar-refractivity contribution in [2.75, 3.05) is 0 Å². The van der Waals surface area contributed by atoms with Crippen molar-refractivity contribution in [2.45, 2.75) is 0 Å². The summed E-state index contributed by atoms with van der Waals surface area (Å²) >= 11 is 0. The van der Waals surface area contributed by atoms with Crippen LogP contribution in [0.3, 0.4) is 0 Å². The van der Waals surface area contributed by atoms with Crippen molar-refractivity contribution >= 4 is 60.0 Å². The molecule has 0 N–H and O–H groups in total. The summed E-state index contributed by atoms with van der Waals surface area (Å²) in [5, 5.41) is 13.6. The molecule has 12 rings (SSSR count). The lowest BCUT2D eigenvalue weighted by Gasteiger charge is -2.15. The predicted molar refractivity (Wildman–Crippen MR) is 213 cm³/mol. The van der Waals surface area contributed by atoms with Gasteiger partial charge in [0.1, 0.15) is 0 Å². The second-order valence-electron chi connectivity index (χ2n) is 13.7. The van der Waals surface area contributed by atoms with E-state index < -0.39 is 0 Å². The molecule has 0 bridgehead atoms. The van der Waals surface area contributed by atoms with Crippen molar-refractivity contribution in [3.63, 3.8) is 0 Å². The molecule has 0 atom stereocenters. The molecule has 240 valence electrons. The van der Waals surface area contributed by atoms with Crippen molar-refractivity contribution in [3.05, 3.63) is 164 Å². The number of hydrogen-bond donors (Lipinski definition) is 0. The van der Waals surface area contributed by atoms with Gasteiger partial charge < -0.3 is 4.57 Å². The highest BCUT2D eigenvalue weighted by Gasteiger charge is 2.25. The molecule has 8 aromatic carbocycles. The van der Waals surface area contributed by atoms with Crippen LogP contribution in [0.2, 0.25) is 0 Å². The van der Waals surface area contributed by atoms with Gasteiger partial charge in [-0.1, -0.05) is 133 Å². The highest BCUT2D eigenvalue weighted by molar-refractivity contribution is 6.30. The highest BCUT2D eigenvalue weighted by atomic mass is 15.3. The van der Waals surface area contributed by atoms with Gasteiger partial charge in [0, 0.05) is 32.7 Å². The van der Waals surface area contributed by atoms with E-state index in [0.717, 1.165) is 38.8 Å². The molecule has 0 fully saturated rings. The van der Waals surface area contributed by atoms with E-state index in [4.69, 9.17) is 15.1 Å². The summed E-state index contributed by atoms with van der Waals surface area (Å²) in [6, 6.07) is 58.6. The standard InChI is InChI=1S/C47H27N5/c1-2-12-29(13-3-1)45-37-19-8-9-22-38(37)52-47(48-45)49-46(50-52)31-26-30-14-4-5-16-32(30)41(27-31)51-39-23-11-21-36-34-18-7-6-17-33(34)35-20-10-15-28-24-25-40(51)44(42(28)35)43(36)39/h1-27H. The molecule has 0 spiro atoms. The third kappa shape index (κ3) is 3.69. The first kappa shape index (κ1) is 27.7. The van der Waals surface area contributed by atoms with Gasteiger partial charge in [0.05, 0.1) is 27.9 Å². The van der Waals surface area contributed by atoms with Crippen LogP contribution in [0.25, 0.3) is 111 Å². The number of hydrogen-bond acceptors (Lipinski definition) is 3. The maximum atomic E-state index is 5.13. The molecule has 3 heterocycles. The molecule has 0 radical (unpaired) electrons. The lowest BCUT2D eigenvalue weighted by atomic mass is 9.93. The molecular formula is C47H27N5. The van der Waals surface area contributed by atoms with Crippen LogP contribution in [0.1, 0.15) is 0 Å². The Morgan fingerprint density at radius 2 is 1.06 bits per heavy atom. The van der Waals surface area contributed by atoms with Crippen LogP contribution in [0.5, 0.6) is 0 Å². The fraction of sp³-hybridized carbons (Fsp3) is 0. The molecule has 0 aliphatic heterocycles. The van der Waals surface area contributed by atoms with Gasteiger partial charge in [0.2, 0.25) is 0 Å². The van der Waals surface area contributed by atoms with Crippen molar-refractivity contribution in [1.29, 1.82) is 0 Å². The van der Waals surface area contributed by atoms with Crippen LogP contribution in [0, 0.1) is 0 Å². The molecule has 0 unspecified atom stereocenters. The van der Waals surface area contributed by atoms with E-state index in [1.807, 2.05) is 28.8 Å². The van der Waals surface area contributed by atoms with Gasteiger partial charge >= 0.3 is 0 Å². The van der Waals surface area contributed by atoms with Crippen molar-refractivity contribution in [1.82, 2.24) is 24.1 Å². The van der Waals surface area contributed by atoms with E-state index in [2.05, 4.69) is 144 Å². The average molecular weight is 662 g/mol. The van der Waals surface area contributed by atoms with Crippen molar-refractivity contribution in [2.24, 2.45) is 0 Å². The normalized spacial score (nSPS) is 12.2. The van der Waals surface area contributed by atoms with Gasteiger partial charge in [-0.15, -0.1) is 5.10 Å². The van der Waals surface area contributed by atoms with Gasteiger partial charge in [-0.2, -0.15) is 9.50 Å². The lowest BCUT2D eigenvalue weighted by molar-refractivity contribution is 0.988. The quantitative estimate of drug-likeness (QED) is 0.189. The Morgan fingerprint density at radius 1 is 0.404 bits per heavy atom. The van der Waals surface area contributed by atoms with Gasteiger partial charge in [0.15, 0.2) is 5.82 Å². The van der Waals surface area contributed by atoms with Crippen LogP contribution in [-0.4, -0.2) is 24.1 Å². The topological polar surface area (TPSA) is 48.0 Å². The first-order valence-electron chi connectivity index (χ1n) is 17.6. The van der Waals surface area contributed by atoms with E-state index in [0.29, 0.717) is 11.6 Å². The smallest absolute Gasteiger partial charge is 0.253 e. The summed E-state index contributed by atoms with van der Waals surface area (Å²) < 4.78 is 4.34. The zero-order valence-electron chi connectivity index (χ0n) is 27.8. The average Bonchev–Trinajstić information content (AvgIpc) is 3.77. The van der Waals surface area contributed by atoms with Crippen LogP contribution in [0.15, 0.2) is 164 Å². The first-order valence-corrected chi connectivity index (χ1v) is 17.6. The van der Waals surface area contributed by atoms with Crippen LogP contribution in [0.4, 0.5) is 0 Å². The highest BCUT2D eigenvalue weighted by Crippen LogP contribution is 2.50. The monoisotopic (exact) mass is 661 g/mol. The van der Waals surface area contributed by atoms with E-state index in [1.54, 1.807) is 0 Å². The Bertz CT molecular complexity index is 3300. The fourth-order valence-corrected chi connectivity index (χ4v) is 8.69. The summed E-state index contributed by atoms with van der Waals surface area (Å²) in [7, 11) is 0. The third-order valence-corrected chi connectivity index (χ3v) is 10.9. The largest absolute Gasteiger partial charge is 0.309 e. The SMILES string of the molecule is c1ccc(-c2nc3nc(-c4cc(-n5c6cccc7c6c6c8c(cccc8ccc65)-c5ccccc5-7)c5ccccc5c4)nn3c3ccccc23)cc1. The molecular weight excluding hydrogens is 635 g/mol. The molecule has 5 nitrogen and oxygen atoms in total. The Labute approximate surface area is 297 Å². The van der Waals surface area contributed by atoms with E-state index in [1.165, 1.54) is 60.2 Å². The van der Waals surface area contributed by atoms with E-state index in [-0.39, 0.29) is 0 Å². The molecule has 11 aromatic rings. The summed E-state index contributed by atoms with van der Waals surface area (Å²) in [5.41, 5.74) is 12.4. The third-order valence-electron chi connectivity index (χ3n) is 10.9. The second-order valence-corrected chi connectivity index (χ2v) is 13.7. The Balaban J connectivity index is 1.17. The second kappa shape index (κ2) is 10.2. The minimum atomic E-state index is 0.573. The Morgan fingerprint density at radius 3 is 1.92 bits per heavy atom. The van der Waals surface area contributed by atoms with Gasteiger partial charge in [-0.25, -0.2) is 4.98 Å². The van der Waals surface area contributed by atoms with Crippen molar-refractivity contribution in [3.8, 4) is 50.6 Å². The Kier molecular flexibility index (Phi) is 5.44. The zero-order chi connectivity index (χ0) is 33.9. The Hall–Kier alpha value is -7.11.